The zero-order valence-electron chi connectivity index (χ0n) is 10.3. The first kappa shape index (κ1) is 12.8. The number of hydrogen-bond donors (Lipinski definition) is 2. The number of nitrogens with one attached hydrogen (secondary N) is 2. The summed E-state index contributed by atoms with van der Waals surface area (Å²) in [5, 5.41) is 12.5. The van der Waals surface area contributed by atoms with Gasteiger partial charge < -0.3 is 5.32 Å². The average Bonchev–Trinajstić information content (AvgIpc) is 2.99. The van der Waals surface area contributed by atoms with Gasteiger partial charge >= 0.3 is 0 Å². The Morgan fingerprint density at radius 1 is 1.50 bits per heavy atom. The molecule has 2 aromatic rings. The van der Waals surface area contributed by atoms with E-state index >= 15 is 0 Å². The van der Waals surface area contributed by atoms with Gasteiger partial charge in [0.15, 0.2) is 0 Å². The number of aromatic amines is 1. The normalized spacial score (nSPS) is 10.5. The van der Waals surface area contributed by atoms with Crippen molar-refractivity contribution in [1.82, 2.24) is 20.5 Å². The molecule has 0 saturated heterocycles. The number of thiazole rings is 1. The van der Waals surface area contributed by atoms with Crippen molar-refractivity contribution in [3.05, 3.63) is 34.0 Å². The van der Waals surface area contributed by atoms with Gasteiger partial charge in [0.25, 0.3) is 5.91 Å². The van der Waals surface area contributed by atoms with Gasteiger partial charge in [-0.25, -0.2) is 4.98 Å². The number of hydrogen-bond acceptors (Lipinski definition) is 4. The third kappa shape index (κ3) is 3.66. The van der Waals surface area contributed by atoms with Crippen molar-refractivity contribution in [3.8, 4) is 0 Å². The van der Waals surface area contributed by atoms with Crippen LogP contribution < -0.4 is 5.32 Å². The van der Waals surface area contributed by atoms with Crippen molar-refractivity contribution in [2.45, 2.75) is 26.2 Å². The molecule has 5 nitrogen and oxygen atoms in total. The second kappa shape index (κ2) is 6.30. The van der Waals surface area contributed by atoms with Gasteiger partial charge in [0.2, 0.25) is 0 Å². The lowest BCUT2D eigenvalue weighted by Gasteiger charge is -2.02. The Balaban J connectivity index is 1.60. The number of H-pyrrole nitrogens is 1. The summed E-state index contributed by atoms with van der Waals surface area (Å²) in [4.78, 5) is 16.0. The molecule has 0 aliphatic carbocycles. The third-order valence-electron chi connectivity index (χ3n) is 2.51. The number of carbonyl (C=O) groups is 1. The highest BCUT2D eigenvalue weighted by molar-refractivity contribution is 7.09. The summed E-state index contributed by atoms with van der Waals surface area (Å²) in [5.41, 5.74) is 1.59. The molecule has 2 rings (SSSR count). The Kier molecular flexibility index (Phi) is 4.46. The van der Waals surface area contributed by atoms with E-state index < -0.39 is 0 Å². The zero-order valence-corrected chi connectivity index (χ0v) is 11.1. The maximum absolute atomic E-state index is 11.5. The number of aromatic nitrogens is 3. The number of nitrogens with zero attached hydrogens (tertiary/aromatic N) is 2. The van der Waals surface area contributed by atoms with Crippen molar-refractivity contribution in [2.75, 3.05) is 6.54 Å². The standard InChI is InChI=1S/C12H16N4OS/c1-9-8-18-11(15-9)4-2-3-6-13-12(17)10-5-7-14-16-10/h5,7-8H,2-4,6H2,1H3,(H,13,17)(H,14,16). The van der Waals surface area contributed by atoms with Gasteiger partial charge in [-0.15, -0.1) is 11.3 Å². The van der Waals surface area contributed by atoms with E-state index in [1.54, 1.807) is 23.6 Å². The van der Waals surface area contributed by atoms with Gasteiger partial charge in [0, 0.05) is 23.8 Å². The fraction of sp³-hybridized carbons (Fsp3) is 0.417. The van der Waals surface area contributed by atoms with Crippen LogP contribution in [0.25, 0.3) is 0 Å². The molecule has 0 spiro atoms. The van der Waals surface area contributed by atoms with Crippen LogP contribution in [0, 0.1) is 6.92 Å². The van der Waals surface area contributed by atoms with Crippen molar-refractivity contribution < 1.29 is 4.79 Å². The average molecular weight is 264 g/mol. The molecule has 0 fully saturated rings. The summed E-state index contributed by atoms with van der Waals surface area (Å²) in [6.45, 7) is 2.69. The minimum absolute atomic E-state index is 0.0995. The van der Waals surface area contributed by atoms with E-state index in [0.29, 0.717) is 12.2 Å². The fourth-order valence-corrected chi connectivity index (χ4v) is 2.42. The van der Waals surface area contributed by atoms with E-state index in [0.717, 1.165) is 25.0 Å². The van der Waals surface area contributed by atoms with E-state index in [-0.39, 0.29) is 5.91 Å². The van der Waals surface area contributed by atoms with E-state index in [1.165, 1.54) is 5.01 Å². The van der Waals surface area contributed by atoms with Gasteiger partial charge in [-0.1, -0.05) is 0 Å². The minimum atomic E-state index is -0.0995. The number of aryl methyl sites for hydroxylation is 2. The van der Waals surface area contributed by atoms with Gasteiger partial charge in [-0.3, -0.25) is 9.89 Å². The molecular formula is C12H16N4OS. The maximum Gasteiger partial charge on any atom is 0.269 e. The van der Waals surface area contributed by atoms with Crippen LogP contribution in [-0.2, 0) is 6.42 Å². The molecule has 0 unspecified atom stereocenters. The van der Waals surface area contributed by atoms with Crippen molar-refractivity contribution >= 4 is 17.2 Å². The molecule has 0 aromatic carbocycles. The molecule has 6 heteroatoms. The zero-order chi connectivity index (χ0) is 12.8. The van der Waals surface area contributed by atoms with Crippen molar-refractivity contribution in [2.24, 2.45) is 0 Å². The first-order chi connectivity index (χ1) is 8.75. The molecule has 2 heterocycles. The molecule has 0 aliphatic rings. The van der Waals surface area contributed by atoms with E-state index in [4.69, 9.17) is 0 Å². The largest absolute Gasteiger partial charge is 0.351 e. The Hall–Kier alpha value is -1.69. The molecule has 0 bridgehead atoms. The van der Waals surface area contributed by atoms with Crippen LogP contribution in [0.2, 0.25) is 0 Å². The van der Waals surface area contributed by atoms with Crippen molar-refractivity contribution in [1.29, 1.82) is 0 Å². The summed E-state index contributed by atoms with van der Waals surface area (Å²) >= 11 is 1.70. The third-order valence-corrected chi connectivity index (χ3v) is 3.54. The molecule has 1 amide bonds. The van der Waals surface area contributed by atoms with Crippen LogP contribution in [0.3, 0.4) is 0 Å². The smallest absolute Gasteiger partial charge is 0.269 e. The van der Waals surface area contributed by atoms with E-state index in [2.05, 4.69) is 25.9 Å². The molecule has 2 aromatic heterocycles. The highest BCUT2D eigenvalue weighted by Gasteiger charge is 2.05. The second-order valence-electron chi connectivity index (χ2n) is 4.07. The molecular weight excluding hydrogens is 248 g/mol. The van der Waals surface area contributed by atoms with Crippen LogP contribution >= 0.6 is 11.3 Å². The lowest BCUT2D eigenvalue weighted by molar-refractivity contribution is 0.0948. The molecule has 0 radical (unpaired) electrons. The van der Waals surface area contributed by atoms with Gasteiger partial charge in [0.05, 0.1) is 5.01 Å². The predicted octanol–water partition coefficient (Wildman–Crippen LogP) is 1.93. The Bertz CT molecular complexity index is 492. The Labute approximate surface area is 110 Å². The molecule has 0 atom stereocenters. The monoisotopic (exact) mass is 264 g/mol. The minimum Gasteiger partial charge on any atom is -0.351 e. The highest BCUT2D eigenvalue weighted by atomic mass is 32.1. The number of carbonyl (C=O) groups excluding carboxylic acids is 1. The van der Waals surface area contributed by atoms with Crippen LogP contribution in [0.5, 0.6) is 0 Å². The quantitative estimate of drug-likeness (QED) is 0.783. The topological polar surface area (TPSA) is 70.7 Å². The number of amides is 1. The molecule has 18 heavy (non-hydrogen) atoms. The summed E-state index contributed by atoms with van der Waals surface area (Å²) in [6, 6.07) is 1.66. The Morgan fingerprint density at radius 2 is 2.39 bits per heavy atom. The molecule has 0 saturated carbocycles. The first-order valence-corrected chi connectivity index (χ1v) is 6.82. The van der Waals surface area contributed by atoms with Crippen LogP contribution in [0.1, 0.15) is 34.0 Å². The van der Waals surface area contributed by atoms with E-state index in [1.807, 2.05) is 6.92 Å². The van der Waals surface area contributed by atoms with Crippen LogP contribution in [0.4, 0.5) is 0 Å². The molecule has 2 N–H and O–H groups in total. The van der Waals surface area contributed by atoms with Gasteiger partial charge in [0.1, 0.15) is 5.69 Å². The Morgan fingerprint density at radius 3 is 3.06 bits per heavy atom. The second-order valence-corrected chi connectivity index (χ2v) is 5.01. The van der Waals surface area contributed by atoms with E-state index in [9.17, 15) is 4.79 Å². The first-order valence-electron chi connectivity index (χ1n) is 5.94. The predicted molar refractivity (Wildman–Crippen MR) is 70.7 cm³/mol. The maximum atomic E-state index is 11.5. The fourth-order valence-electron chi connectivity index (χ4n) is 1.60. The SMILES string of the molecule is Cc1csc(CCCCNC(=O)c2ccn[nH]2)n1. The summed E-state index contributed by atoms with van der Waals surface area (Å²) < 4.78 is 0. The van der Waals surface area contributed by atoms with Crippen LogP contribution in [-0.4, -0.2) is 27.6 Å². The highest BCUT2D eigenvalue weighted by Crippen LogP contribution is 2.11. The number of rotatable bonds is 6. The molecule has 0 aliphatic heterocycles. The van der Waals surface area contributed by atoms with Crippen LogP contribution in [0.15, 0.2) is 17.6 Å². The summed E-state index contributed by atoms with van der Waals surface area (Å²) in [7, 11) is 0. The summed E-state index contributed by atoms with van der Waals surface area (Å²) in [5.74, 6) is -0.0995. The number of unbranched alkanes of at least 4 members (excludes halogenated alkanes) is 1. The van der Waals surface area contributed by atoms with Crippen molar-refractivity contribution in [3.63, 3.8) is 0 Å². The summed E-state index contributed by atoms with van der Waals surface area (Å²) in [6.07, 6.45) is 4.55. The van der Waals surface area contributed by atoms with Gasteiger partial charge in [-0.2, -0.15) is 5.10 Å². The lowest BCUT2D eigenvalue weighted by Crippen LogP contribution is -2.24. The van der Waals surface area contributed by atoms with Gasteiger partial charge in [-0.05, 0) is 32.3 Å². The molecule has 96 valence electrons. The lowest BCUT2D eigenvalue weighted by atomic mass is 10.2.